The first kappa shape index (κ1) is 13.9. The summed E-state index contributed by atoms with van der Waals surface area (Å²) >= 11 is 0. The van der Waals surface area contributed by atoms with Gasteiger partial charge in [-0.05, 0) is 74.5 Å². The summed E-state index contributed by atoms with van der Waals surface area (Å²) in [6.07, 6.45) is 8.41. The normalized spacial score (nSPS) is 39.5. The van der Waals surface area contributed by atoms with E-state index in [1.807, 2.05) is 0 Å². The van der Waals surface area contributed by atoms with E-state index in [0.29, 0.717) is 11.8 Å². The number of carboxylic acid groups (broad SMARTS) is 1. The second-order valence-electron chi connectivity index (χ2n) is 7.39. The molecule has 4 rings (SSSR count). The molecule has 0 aromatic rings. The highest BCUT2D eigenvalue weighted by molar-refractivity contribution is 5.76. The molecule has 1 atom stereocenters. The highest BCUT2D eigenvalue weighted by Gasteiger charge is 2.50. The van der Waals surface area contributed by atoms with Crippen LogP contribution in [0.1, 0.15) is 58.3 Å². The van der Waals surface area contributed by atoms with Gasteiger partial charge in [0.1, 0.15) is 0 Å². The van der Waals surface area contributed by atoms with Crippen molar-refractivity contribution in [3.63, 3.8) is 0 Å². The number of hydrogen-bond acceptors (Lipinski definition) is 3. The molecule has 20 heavy (non-hydrogen) atoms. The maximum atomic E-state index is 11.2. The number of esters is 1. The molecule has 1 N–H and O–H groups in total. The third kappa shape index (κ3) is 2.70. The van der Waals surface area contributed by atoms with Gasteiger partial charge in [-0.3, -0.25) is 4.79 Å². The zero-order valence-electron chi connectivity index (χ0n) is 12.1. The molecule has 4 aliphatic rings. The predicted octanol–water partition coefficient (Wildman–Crippen LogP) is 3.00. The third-order valence-corrected chi connectivity index (χ3v) is 5.69. The van der Waals surface area contributed by atoms with E-state index in [1.54, 1.807) is 0 Å². The van der Waals surface area contributed by atoms with Gasteiger partial charge in [-0.25, -0.2) is 4.79 Å². The standard InChI is InChI=1S/C16H24O4/c1-10(17)20-14(15(18)19)2-3-16-7-11-4-12(8-16)6-13(5-11)9-16/h11-14H,2-9H2,1H3,(H,18,19). The lowest BCUT2D eigenvalue weighted by atomic mass is 9.48. The van der Waals surface area contributed by atoms with Crippen LogP contribution < -0.4 is 0 Å². The summed E-state index contributed by atoms with van der Waals surface area (Å²) in [7, 11) is 0. The maximum absolute atomic E-state index is 11.2. The molecule has 4 aliphatic carbocycles. The fourth-order valence-electron chi connectivity index (χ4n) is 5.47. The van der Waals surface area contributed by atoms with Gasteiger partial charge in [0.2, 0.25) is 0 Å². The lowest BCUT2D eigenvalue weighted by molar-refractivity contribution is -0.164. The summed E-state index contributed by atoms with van der Waals surface area (Å²) in [6.45, 7) is 1.28. The number of carboxylic acids is 1. The minimum Gasteiger partial charge on any atom is -0.479 e. The van der Waals surface area contributed by atoms with Crippen molar-refractivity contribution in [2.24, 2.45) is 23.2 Å². The zero-order valence-corrected chi connectivity index (χ0v) is 12.1. The Morgan fingerprint density at radius 1 is 1.15 bits per heavy atom. The molecule has 4 nitrogen and oxygen atoms in total. The first-order valence-corrected chi connectivity index (χ1v) is 7.86. The second-order valence-corrected chi connectivity index (χ2v) is 7.39. The Morgan fingerprint density at radius 2 is 1.65 bits per heavy atom. The molecule has 4 saturated carbocycles. The fourth-order valence-corrected chi connectivity index (χ4v) is 5.47. The Hall–Kier alpha value is -1.06. The monoisotopic (exact) mass is 280 g/mol. The van der Waals surface area contributed by atoms with Crippen LogP contribution in [0.2, 0.25) is 0 Å². The predicted molar refractivity (Wildman–Crippen MR) is 73.0 cm³/mol. The number of rotatable bonds is 5. The molecule has 0 spiro atoms. The highest BCUT2D eigenvalue weighted by atomic mass is 16.6. The molecule has 1 unspecified atom stereocenters. The lowest BCUT2D eigenvalue weighted by Gasteiger charge is -2.57. The molecule has 0 radical (unpaired) electrons. The number of carbonyl (C=O) groups is 2. The van der Waals surface area contributed by atoms with E-state index in [2.05, 4.69) is 0 Å². The molecule has 0 saturated heterocycles. The number of ether oxygens (including phenoxy) is 1. The first-order chi connectivity index (χ1) is 9.46. The molecule has 4 fully saturated rings. The number of hydrogen-bond donors (Lipinski definition) is 1. The molecule has 0 amide bonds. The Labute approximate surface area is 119 Å². The molecular weight excluding hydrogens is 256 g/mol. The van der Waals surface area contributed by atoms with Crippen molar-refractivity contribution in [3.05, 3.63) is 0 Å². The molecule has 4 bridgehead atoms. The molecule has 0 heterocycles. The van der Waals surface area contributed by atoms with Gasteiger partial charge >= 0.3 is 11.9 Å². The van der Waals surface area contributed by atoms with Crippen molar-refractivity contribution < 1.29 is 19.4 Å². The Morgan fingerprint density at radius 3 is 2.05 bits per heavy atom. The average molecular weight is 280 g/mol. The van der Waals surface area contributed by atoms with Gasteiger partial charge in [0.15, 0.2) is 6.10 Å². The Bertz CT molecular complexity index is 379. The number of carbonyl (C=O) groups excluding carboxylic acids is 1. The van der Waals surface area contributed by atoms with Crippen molar-refractivity contribution in [3.8, 4) is 0 Å². The van der Waals surface area contributed by atoms with Crippen LogP contribution >= 0.6 is 0 Å². The molecule has 112 valence electrons. The van der Waals surface area contributed by atoms with Crippen LogP contribution in [0.5, 0.6) is 0 Å². The zero-order chi connectivity index (χ0) is 14.3. The summed E-state index contributed by atoms with van der Waals surface area (Å²) in [5.74, 6) is 1.11. The van der Waals surface area contributed by atoms with E-state index in [9.17, 15) is 9.59 Å². The summed E-state index contributed by atoms with van der Waals surface area (Å²) < 4.78 is 4.94. The first-order valence-electron chi connectivity index (χ1n) is 7.86. The van der Waals surface area contributed by atoms with Crippen LogP contribution in [0, 0.1) is 23.2 Å². The highest BCUT2D eigenvalue weighted by Crippen LogP contribution is 2.61. The van der Waals surface area contributed by atoms with E-state index >= 15 is 0 Å². The summed E-state index contributed by atoms with van der Waals surface area (Å²) in [5, 5.41) is 9.16. The summed E-state index contributed by atoms with van der Waals surface area (Å²) in [5.41, 5.74) is 0.350. The van der Waals surface area contributed by atoms with E-state index in [4.69, 9.17) is 9.84 Å². The van der Waals surface area contributed by atoms with Gasteiger partial charge in [-0.2, -0.15) is 0 Å². The van der Waals surface area contributed by atoms with Gasteiger partial charge in [0.05, 0.1) is 0 Å². The minimum absolute atomic E-state index is 0.350. The van der Waals surface area contributed by atoms with E-state index in [0.717, 1.165) is 24.2 Å². The fraction of sp³-hybridized carbons (Fsp3) is 0.875. The van der Waals surface area contributed by atoms with Crippen molar-refractivity contribution in [1.29, 1.82) is 0 Å². The quantitative estimate of drug-likeness (QED) is 0.786. The van der Waals surface area contributed by atoms with Crippen LogP contribution in [-0.4, -0.2) is 23.1 Å². The molecule has 4 heteroatoms. The minimum atomic E-state index is -1.01. The third-order valence-electron chi connectivity index (χ3n) is 5.69. The molecule has 0 aromatic carbocycles. The largest absolute Gasteiger partial charge is 0.479 e. The molecule has 0 aliphatic heterocycles. The SMILES string of the molecule is CC(=O)OC(CCC12CC3CC(CC(C3)C1)C2)C(=O)O. The van der Waals surface area contributed by atoms with Gasteiger partial charge in [0, 0.05) is 6.92 Å². The number of aliphatic carboxylic acids is 1. The van der Waals surface area contributed by atoms with Crippen molar-refractivity contribution in [2.45, 2.75) is 64.4 Å². The van der Waals surface area contributed by atoms with E-state index in [1.165, 1.54) is 45.4 Å². The summed E-state index contributed by atoms with van der Waals surface area (Å²) in [4.78, 5) is 22.2. The van der Waals surface area contributed by atoms with Crippen LogP contribution in [0.25, 0.3) is 0 Å². The molecule has 0 aromatic heterocycles. The van der Waals surface area contributed by atoms with E-state index < -0.39 is 18.0 Å². The lowest BCUT2D eigenvalue weighted by Crippen LogP contribution is -2.46. The Kier molecular flexibility index (Phi) is 3.51. The van der Waals surface area contributed by atoms with E-state index in [-0.39, 0.29) is 0 Å². The molecular formula is C16H24O4. The summed E-state index contributed by atoms with van der Waals surface area (Å²) in [6, 6.07) is 0. The van der Waals surface area contributed by atoms with Crippen molar-refractivity contribution >= 4 is 11.9 Å². The van der Waals surface area contributed by atoms with Crippen LogP contribution in [-0.2, 0) is 14.3 Å². The van der Waals surface area contributed by atoms with Crippen molar-refractivity contribution in [2.75, 3.05) is 0 Å². The van der Waals surface area contributed by atoms with Crippen molar-refractivity contribution in [1.82, 2.24) is 0 Å². The van der Waals surface area contributed by atoms with Crippen LogP contribution in [0.4, 0.5) is 0 Å². The maximum Gasteiger partial charge on any atom is 0.345 e. The smallest absolute Gasteiger partial charge is 0.345 e. The van der Waals surface area contributed by atoms with Crippen LogP contribution in [0.3, 0.4) is 0 Å². The topological polar surface area (TPSA) is 63.6 Å². The average Bonchev–Trinajstić information content (AvgIpc) is 2.32. The van der Waals surface area contributed by atoms with Crippen LogP contribution in [0.15, 0.2) is 0 Å². The van der Waals surface area contributed by atoms with Gasteiger partial charge in [0.25, 0.3) is 0 Å². The second kappa shape index (κ2) is 5.05. The van der Waals surface area contributed by atoms with Gasteiger partial charge < -0.3 is 9.84 Å². The van der Waals surface area contributed by atoms with Gasteiger partial charge in [-0.1, -0.05) is 0 Å². The van der Waals surface area contributed by atoms with Gasteiger partial charge in [-0.15, -0.1) is 0 Å². The Balaban J connectivity index is 1.62.